The number of aromatic nitrogens is 3. The number of nitrogens with zero attached hydrogens (tertiary/aromatic N) is 4. The van der Waals surface area contributed by atoms with Crippen molar-refractivity contribution in [3.8, 4) is 5.69 Å². The minimum absolute atomic E-state index is 0. The highest BCUT2D eigenvalue weighted by Crippen LogP contribution is 2.13. The molecule has 6 nitrogen and oxygen atoms in total. The quantitative estimate of drug-likeness (QED) is 0.277. The summed E-state index contributed by atoms with van der Waals surface area (Å²) in [4.78, 5) is 10.1. The Balaban J connectivity index is 0.00000280. The molecule has 0 fully saturated rings. The minimum atomic E-state index is 0. The average molecular weight is 510 g/mol. The van der Waals surface area contributed by atoms with Crippen molar-refractivity contribution < 1.29 is 0 Å². The predicted molar refractivity (Wildman–Crippen MR) is 127 cm³/mol. The number of aryl methyl sites for hydroxylation is 1. The van der Waals surface area contributed by atoms with E-state index in [0.29, 0.717) is 0 Å². The fraction of sp³-hybridized carbons (Fsp3) is 0.350. The van der Waals surface area contributed by atoms with E-state index in [9.17, 15) is 0 Å². The number of rotatable bonds is 8. The van der Waals surface area contributed by atoms with Crippen LogP contribution in [0.3, 0.4) is 0 Å². The van der Waals surface area contributed by atoms with Crippen LogP contribution in [0.4, 0.5) is 0 Å². The van der Waals surface area contributed by atoms with Crippen LogP contribution in [0.5, 0.6) is 0 Å². The van der Waals surface area contributed by atoms with Crippen molar-refractivity contribution in [3.63, 3.8) is 0 Å². The van der Waals surface area contributed by atoms with Crippen LogP contribution < -0.4 is 10.6 Å². The first kappa shape index (κ1) is 22.4. The number of nitrogens with one attached hydrogen (secondary N) is 2. The van der Waals surface area contributed by atoms with Gasteiger partial charge in [-0.1, -0.05) is 19.1 Å². The molecule has 0 amide bonds. The van der Waals surface area contributed by atoms with Gasteiger partial charge in [0.1, 0.15) is 0 Å². The lowest BCUT2D eigenvalue weighted by Crippen LogP contribution is -2.39. The molecule has 0 aliphatic rings. The smallest absolute Gasteiger partial charge is 0.191 e. The maximum atomic E-state index is 4.45. The topological polar surface area (TPSA) is 67.1 Å². The van der Waals surface area contributed by atoms with E-state index in [-0.39, 0.29) is 24.0 Å². The highest BCUT2D eigenvalue weighted by Gasteiger charge is 2.02. The number of benzene rings is 1. The van der Waals surface area contributed by atoms with Gasteiger partial charge in [0.25, 0.3) is 0 Å². The van der Waals surface area contributed by atoms with E-state index in [1.807, 2.05) is 23.1 Å². The van der Waals surface area contributed by atoms with Crippen molar-refractivity contribution in [2.75, 3.05) is 20.1 Å². The maximum Gasteiger partial charge on any atom is 0.191 e. The summed E-state index contributed by atoms with van der Waals surface area (Å²) in [5, 5.41) is 12.1. The lowest BCUT2D eigenvalue weighted by molar-refractivity contribution is 0.781. The van der Waals surface area contributed by atoms with Crippen LogP contribution in [0.2, 0.25) is 0 Å². The summed E-state index contributed by atoms with van der Waals surface area (Å²) >= 11 is 1.79. The molecule has 0 saturated carbocycles. The van der Waals surface area contributed by atoms with Crippen LogP contribution in [0.25, 0.3) is 5.69 Å². The largest absolute Gasteiger partial charge is 0.356 e. The van der Waals surface area contributed by atoms with E-state index >= 15 is 0 Å². The highest BCUT2D eigenvalue weighted by atomic mass is 127. The SMILES string of the molecule is CCc1cnc(CCNC(=NC)NCCc2ccc(-n3cccn3)cc2)s1.I. The van der Waals surface area contributed by atoms with Gasteiger partial charge in [-0.3, -0.25) is 4.99 Å². The number of halogens is 1. The van der Waals surface area contributed by atoms with Crippen molar-refractivity contribution in [2.24, 2.45) is 4.99 Å². The fourth-order valence-corrected chi connectivity index (χ4v) is 3.56. The Hall–Kier alpha value is -1.94. The Morgan fingerprint density at radius 1 is 1.14 bits per heavy atom. The zero-order valence-corrected chi connectivity index (χ0v) is 19.4. The molecule has 0 radical (unpaired) electrons. The summed E-state index contributed by atoms with van der Waals surface area (Å²) in [7, 11) is 1.80. The molecule has 0 aliphatic carbocycles. The second-order valence-electron chi connectivity index (χ2n) is 6.12. The van der Waals surface area contributed by atoms with Gasteiger partial charge in [0.2, 0.25) is 0 Å². The van der Waals surface area contributed by atoms with Gasteiger partial charge in [-0.25, -0.2) is 9.67 Å². The Morgan fingerprint density at radius 2 is 1.89 bits per heavy atom. The molecule has 0 unspecified atom stereocenters. The Labute approximate surface area is 187 Å². The first-order valence-electron chi connectivity index (χ1n) is 9.25. The lowest BCUT2D eigenvalue weighted by atomic mass is 10.1. The molecular formula is C20H27IN6S. The van der Waals surface area contributed by atoms with Crippen molar-refractivity contribution in [1.82, 2.24) is 25.4 Å². The van der Waals surface area contributed by atoms with E-state index < -0.39 is 0 Å². The van der Waals surface area contributed by atoms with Gasteiger partial charge in [0.05, 0.1) is 10.7 Å². The standard InChI is InChI=1S/C20H26N6S.HI/c1-3-18-15-24-19(27-18)10-13-23-20(21-2)22-12-9-16-5-7-17(8-6-16)26-14-4-11-25-26;/h4-8,11,14-15H,3,9-10,12-13H2,1-2H3,(H2,21,22,23);1H. The third-order valence-electron chi connectivity index (χ3n) is 4.22. The van der Waals surface area contributed by atoms with Crippen LogP contribution in [0.1, 0.15) is 22.4 Å². The summed E-state index contributed by atoms with van der Waals surface area (Å²) in [5.41, 5.74) is 2.35. The number of guanidine groups is 1. The predicted octanol–water partition coefficient (Wildman–Crippen LogP) is 3.46. The summed E-state index contributed by atoms with van der Waals surface area (Å²) in [6.45, 7) is 3.82. The molecule has 28 heavy (non-hydrogen) atoms. The monoisotopic (exact) mass is 510 g/mol. The third-order valence-corrected chi connectivity index (χ3v) is 5.42. The maximum absolute atomic E-state index is 4.45. The molecule has 0 aliphatic heterocycles. The summed E-state index contributed by atoms with van der Waals surface area (Å²) < 4.78 is 1.86. The normalized spacial score (nSPS) is 11.1. The van der Waals surface area contributed by atoms with Crippen LogP contribution in [-0.2, 0) is 19.3 Å². The molecule has 0 saturated heterocycles. The first-order valence-corrected chi connectivity index (χ1v) is 10.1. The fourth-order valence-electron chi connectivity index (χ4n) is 2.70. The summed E-state index contributed by atoms with van der Waals surface area (Å²) in [6, 6.07) is 10.4. The molecule has 8 heteroatoms. The Bertz CT molecular complexity index is 842. The second-order valence-corrected chi connectivity index (χ2v) is 7.32. The van der Waals surface area contributed by atoms with E-state index in [1.165, 1.54) is 15.4 Å². The molecule has 0 bridgehead atoms. The molecule has 0 atom stereocenters. The summed E-state index contributed by atoms with van der Waals surface area (Å²) in [6.07, 6.45) is 8.61. The number of thiazole rings is 1. The van der Waals surface area contributed by atoms with E-state index in [0.717, 1.165) is 44.0 Å². The number of aliphatic imine (C=N–C) groups is 1. The van der Waals surface area contributed by atoms with Gasteiger partial charge in [-0.2, -0.15) is 5.10 Å². The van der Waals surface area contributed by atoms with Crippen LogP contribution in [-0.4, -0.2) is 40.9 Å². The van der Waals surface area contributed by atoms with Crippen molar-refractivity contribution in [2.45, 2.75) is 26.2 Å². The van der Waals surface area contributed by atoms with Gasteiger partial charge >= 0.3 is 0 Å². The molecule has 2 N–H and O–H groups in total. The van der Waals surface area contributed by atoms with Crippen LogP contribution in [0, 0.1) is 0 Å². The average Bonchev–Trinajstić information content (AvgIpc) is 3.39. The van der Waals surface area contributed by atoms with Crippen molar-refractivity contribution >= 4 is 41.3 Å². The Kier molecular flexibility index (Phi) is 9.42. The molecule has 1 aromatic carbocycles. The first-order chi connectivity index (χ1) is 13.3. The van der Waals surface area contributed by atoms with E-state index in [1.54, 1.807) is 24.6 Å². The molecule has 0 spiro atoms. The highest BCUT2D eigenvalue weighted by molar-refractivity contribution is 14.0. The number of hydrogen-bond donors (Lipinski definition) is 2. The van der Waals surface area contributed by atoms with E-state index in [2.05, 4.69) is 56.9 Å². The molecule has 3 aromatic rings. The van der Waals surface area contributed by atoms with Gasteiger partial charge in [-0.15, -0.1) is 35.3 Å². The minimum Gasteiger partial charge on any atom is -0.356 e. The van der Waals surface area contributed by atoms with Crippen LogP contribution >= 0.6 is 35.3 Å². The zero-order chi connectivity index (χ0) is 18.9. The lowest BCUT2D eigenvalue weighted by Gasteiger charge is -2.11. The van der Waals surface area contributed by atoms with Gasteiger partial charge in [0.15, 0.2) is 5.96 Å². The van der Waals surface area contributed by atoms with Gasteiger partial charge in [0, 0.05) is 50.0 Å². The molecule has 150 valence electrons. The summed E-state index contributed by atoms with van der Waals surface area (Å²) in [5.74, 6) is 0.829. The van der Waals surface area contributed by atoms with Crippen molar-refractivity contribution in [3.05, 3.63) is 64.4 Å². The Morgan fingerprint density at radius 3 is 2.50 bits per heavy atom. The molecule has 2 heterocycles. The van der Waals surface area contributed by atoms with Crippen LogP contribution in [0.15, 0.2) is 53.9 Å². The van der Waals surface area contributed by atoms with Gasteiger partial charge in [-0.05, 0) is 36.6 Å². The van der Waals surface area contributed by atoms with Crippen molar-refractivity contribution in [1.29, 1.82) is 0 Å². The molecular weight excluding hydrogens is 483 g/mol. The van der Waals surface area contributed by atoms with E-state index in [4.69, 9.17) is 0 Å². The zero-order valence-electron chi connectivity index (χ0n) is 16.3. The van der Waals surface area contributed by atoms with Gasteiger partial charge < -0.3 is 10.6 Å². The third kappa shape index (κ3) is 6.59. The number of hydrogen-bond acceptors (Lipinski definition) is 4. The second kappa shape index (κ2) is 11.8. The molecule has 2 aromatic heterocycles. The molecule has 3 rings (SSSR count).